The molecule has 0 N–H and O–H groups in total. The second-order valence-corrected chi connectivity index (χ2v) is 6.09. The molecule has 0 unspecified atom stereocenters. The van der Waals surface area contributed by atoms with Crippen molar-refractivity contribution in [3.63, 3.8) is 0 Å². The monoisotopic (exact) mass is 356 g/mol. The number of fused-ring (bicyclic) bond motifs is 1. The lowest BCUT2D eigenvalue weighted by atomic mass is 10.0. The summed E-state index contributed by atoms with van der Waals surface area (Å²) in [6.45, 7) is 5.77. The zero-order valence-electron chi connectivity index (χ0n) is 15.6. The maximum absolute atomic E-state index is 6.30. The first-order valence-corrected chi connectivity index (χ1v) is 8.48. The molecule has 0 aromatic heterocycles. The number of methoxy groups -OCH3 is 3. The standard InChI is InChI=1S/C21H24O5/c1-6-7-14-10-18(24-5)21-19(11-14)26-20(13(2)25-21)15-8-9-16(22-3)17(12-15)23-4/h6,8-13,20H,1,7H2,2-5H3/t13-,20+/m0/s1. The average Bonchev–Trinajstić information content (AvgIpc) is 2.66. The Balaban J connectivity index is 1.98. The smallest absolute Gasteiger partial charge is 0.204 e. The molecule has 5 nitrogen and oxygen atoms in total. The van der Waals surface area contributed by atoms with Gasteiger partial charge in [-0.15, -0.1) is 6.58 Å². The van der Waals surface area contributed by atoms with Crippen molar-refractivity contribution < 1.29 is 23.7 Å². The molecule has 0 spiro atoms. The number of hydrogen-bond donors (Lipinski definition) is 0. The molecule has 0 bridgehead atoms. The SMILES string of the molecule is C=CCc1cc(OC)c2c(c1)O[C@@H](c1ccc(OC)c(OC)c1)[C@H](C)O2. The summed E-state index contributed by atoms with van der Waals surface area (Å²) in [4.78, 5) is 0. The van der Waals surface area contributed by atoms with Crippen LogP contribution in [0.3, 0.4) is 0 Å². The minimum absolute atomic E-state index is 0.195. The molecular formula is C21H24O5. The van der Waals surface area contributed by atoms with Crippen LogP contribution in [-0.4, -0.2) is 27.4 Å². The predicted molar refractivity (Wildman–Crippen MR) is 99.9 cm³/mol. The van der Waals surface area contributed by atoms with Crippen LogP contribution in [0, 0.1) is 0 Å². The summed E-state index contributed by atoms with van der Waals surface area (Å²) in [6.07, 6.45) is 2.11. The van der Waals surface area contributed by atoms with Gasteiger partial charge in [0.25, 0.3) is 0 Å². The molecule has 2 aromatic carbocycles. The summed E-state index contributed by atoms with van der Waals surface area (Å²) in [5, 5.41) is 0. The van der Waals surface area contributed by atoms with Gasteiger partial charge < -0.3 is 23.7 Å². The van der Waals surface area contributed by atoms with Crippen molar-refractivity contribution in [3.8, 4) is 28.7 Å². The topological polar surface area (TPSA) is 46.2 Å². The third-order valence-electron chi connectivity index (χ3n) is 4.40. The van der Waals surface area contributed by atoms with E-state index in [1.807, 2.05) is 43.3 Å². The maximum Gasteiger partial charge on any atom is 0.204 e. The summed E-state index contributed by atoms with van der Waals surface area (Å²) in [5.41, 5.74) is 2.01. The van der Waals surface area contributed by atoms with Crippen molar-refractivity contribution in [2.45, 2.75) is 25.6 Å². The van der Waals surface area contributed by atoms with Gasteiger partial charge in [-0.3, -0.25) is 0 Å². The van der Waals surface area contributed by atoms with Gasteiger partial charge in [0, 0.05) is 5.56 Å². The number of allylic oxidation sites excluding steroid dienone is 1. The fourth-order valence-electron chi connectivity index (χ4n) is 3.12. The molecule has 1 aliphatic rings. The van der Waals surface area contributed by atoms with E-state index in [1.54, 1.807) is 21.3 Å². The molecule has 3 rings (SSSR count). The summed E-state index contributed by atoms with van der Waals surface area (Å²) in [6, 6.07) is 9.67. The van der Waals surface area contributed by atoms with Gasteiger partial charge in [0.05, 0.1) is 21.3 Å². The molecule has 0 fully saturated rings. The van der Waals surface area contributed by atoms with Crippen LogP contribution >= 0.6 is 0 Å². The Morgan fingerprint density at radius 2 is 1.69 bits per heavy atom. The number of hydrogen-bond acceptors (Lipinski definition) is 5. The first-order chi connectivity index (χ1) is 12.6. The van der Waals surface area contributed by atoms with Gasteiger partial charge in [-0.05, 0) is 43.2 Å². The van der Waals surface area contributed by atoms with E-state index in [4.69, 9.17) is 23.7 Å². The van der Waals surface area contributed by atoms with Crippen molar-refractivity contribution >= 4 is 0 Å². The van der Waals surface area contributed by atoms with Crippen molar-refractivity contribution in [2.24, 2.45) is 0 Å². The molecule has 0 aliphatic carbocycles. The Morgan fingerprint density at radius 3 is 2.35 bits per heavy atom. The van der Waals surface area contributed by atoms with E-state index in [2.05, 4.69) is 6.58 Å². The van der Waals surface area contributed by atoms with Gasteiger partial charge in [0.15, 0.2) is 29.1 Å². The van der Waals surface area contributed by atoms with E-state index in [-0.39, 0.29) is 12.2 Å². The normalized spacial score (nSPS) is 18.2. The molecule has 138 valence electrons. The average molecular weight is 356 g/mol. The van der Waals surface area contributed by atoms with Crippen LogP contribution in [0.1, 0.15) is 24.2 Å². The van der Waals surface area contributed by atoms with E-state index < -0.39 is 0 Å². The molecule has 0 amide bonds. The molecule has 0 saturated carbocycles. The third kappa shape index (κ3) is 3.29. The number of ether oxygens (including phenoxy) is 5. The van der Waals surface area contributed by atoms with Crippen LogP contribution in [0.4, 0.5) is 0 Å². The largest absolute Gasteiger partial charge is 0.493 e. The van der Waals surface area contributed by atoms with E-state index in [9.17, 15) is 0 Å². The highest BCUT2D eigenvalue weighted by Gasteiger charge is 2.32. The van der Waals surface area contributed by atoms with Crippen molar-refractivity contribution in [2.75, 3.05) is 21.3 Å². The van der Waals surface area contributed by atoms with E-state index in [1.165, 1.54) is 0 Å². The minimum atomic E-state index is -0.272. The molecule has 0 saturated heterocycles. The summed E-state index contributed by atoms with van der Waals surface area (Å²) < 4.78 is 28.6. The van der Waals surface area contributed by atoms with E-state index in [0.29, 0.717) is 28.7 Å². The van der Waals surface area contributed by atoms with Gasteiger partial charge >= 0.3 is 0 Å². The Bertz CT molecular complexity index is 799. The maximum atomic E-state index is 6.30. The van der Waals surface area contributed by atoms with Crippen LogP contribution in [0.2, 0.25) is 0 Å². The quantitative estimate of drug-likeness (QED) is 0.721. The predicted octanol–water partition coefficient (Wildman–Crippen LogP) is 4.34. The lowest BCUT2D eigenvalue weighted by Gasteiger charge is -2.33. The van der Waals surface area contributed by atoms with E-state index in [0.717, 1.165) is 17.5 Å². The summed E-state index contributed by atoms with van der Waals surface area (Å²) >= 11 is 0. The molecule has 2 aromatic rings. The highest BCUT2D eigenvalue weighted by Crippen LogP contribution is 2.46. The van der Waals surface area contributed by atoms with Crippen LogP contribution in [-0.2, 0) is 6.42 Å². The highest BCUT2D eigenvalue weighted by atomic mass is 16.6. The van der Waals surface area contributed by atoms with Crippen LogP contribution < -0.4 is 23.7 Å². The van der Waals surface area contributed by atoms with Crippen molar-refractivity contribution in [3.05, 3.63) is 54.1 Å². The minimum Gasteiger partial charge on any atom is -0.493 e. The van der Waals surface area contributed by atoms with Gasteiger partial charge in [0.2, 0.25) is 5.75 Å². The molecule has 1 aliphatic heterocycles. The Morgan fingerprint density at radius 1 is 0.962 bits per heavy atom. The second-order valence-electron chi connectivity index (χ2n) is 6.09. The molecular weight excluding hydrogens is 332 g/mol. The molecule has 0 radical (unpaired) electrons. The van der Waals surface area contributed by atoms with Crippen molar-refractivity contribution in [1.82, 2.24) is 0 Å². The Labute approximate surface area is 154 Å². The van der Waals surface area contributed by atoms with E-state index >= 15 is 0 Å². The fraction of sp³-hybridized carbons (Fsp3) is 0.333. The number of benzene rings is 2. The molecule has 5 heteroatoms. The van der Waals surface area contributed by atoms with Crippen LogP contribution in [0.5, 0.6) is 28.7 Å². The first kappa shape index (κ1) is 18.0. The third-order valence-corrected chi connectivity index (χ3v) is 4.40. The summed E-state index contributed by atoms with van der Waals surface area (Å²) in [7, 11) is 4.86. The molecule has 2 atom stereocenters. The zero-order chi connectivity index (χ0) is 18.7. The second kappa shape index (κ2) is 7.60. The van der Waals surface area contributed by atoms with Crippen molar-refractivity contribution in [1.29, 1.82) is 0 Å². The Hall–Kier alpha value is -2.82. The Kier molecular flexibility index (Phi) is 5.26. The fourth-order valence-corrected chi connectivity index (χ4v) is 3.12. The number of rotatable bonds is 6. The zero-order valence-corrected chi connectivity index (χ0v) is 15.6. The van der Waals surface area contributed by atoms with Gasteiger partial charge in [0.1, 0.15) is 6.10 Å². The van der Waals surface area contributed by atoms with Gasteiger partial charge in [-0.2, -0.15) is 0 Å². The van der Waals surface area contributed by atoms with Gasteiger partial charge in [-0.25, -0.2) is 0 Å². The molecule has 26 heavy (non-hydrogen) atoms. The summed E-state index contributed by atoms with van der Waals surface area (Å²) in [5.74, 6) is 3.29. The van der Waals surface area contributed by atoms with Gasteiger partial charge in [-0.1, -0.05) is 12.1 Å². The van der Waals surface area contributed by atoms with Crippen LogP contribution in [0.25, 0.3) is 0 Å². The molecule has 1 heterocycles. The lowest BCUT2D eigenvalue weighted by Crippen LogP contribution is -2.31. The highest BCUT2D eigenvalue weighted by molar-refractivity contribution is 5.56. The van der Waals surface area contributed by atoms with Crippen LogP contribution in [0.15, 0.2) is 43.0 Å². The lowest BCUT2D eigenvalue weighted by molar-refractivity contribution is 0.0279. The first-order valence-electron chi connectivity index (χ1n) is 8.48.